The van der Waals surface area contributed by atoms with Gasteiger partial charge >= 0.3 is 0 Å². The summed E-state index contributed by atoms with van der Waals surface area (Å²) in [6.07, 6.45) is 8.51. The highest BCUT2D eigenvalue weighted by Crippen LogP contribution is 2.21. The van der Waals surface area contributed by atoms with Crippen molar-refractivity contribution in [2.75, 3.05) is 0 Å². The molecule has 0 amide bonds. The fraction of sp³-hybridized carbons (Fsp3) is 1.00. The maximum atomic E-state index is 2.41. The first-order valence-corrected chi connectivity index (χ1v) is 6.57. The predicted molar refractivity (Wildman–Crippen MR) is 66.5 cm³/mol. The van der Waals surface area contributed by atoms with Gasteiger partial charge in [-0.05, 0) is 17.8 Å². The molecule has 0 spiro atoms. The molecule has 0 aromatic rings. The van der Waals surface area contributed by atoms with Gasteiger partial charge in [0.1, 0.15) is 0 Å². The largest absolute Gasteiger partial charge is 0.0654 e. The summed E-state index contributed by atoms with van der Waals surface area (Å²) >= 11 is 0. The molecule has 2 atom stereocenters. The predicted octanol–water partition coefficient (Wildman–Crippen LogP) is 5.28. The Morgan fingerprint density at radius 2 is 1.36 bits per heavy atom. The lowest BCUT2D eigenvalue weighted by Gasteiger charge is -2.16. The molecule has 0 nitrogen and oxygen atoms in total. The summed E-state index contributed by atoms with van der Waals surface area (Å²) in [5.74, 6) is 2.73. The van der Waals surface area contributed by atoms with E-state index in [1.54, 1.807) is 0 Å². The second-order valence-corrected chi connectivity index (χ2v) is 5.40. The summed E-state index contributed by atoms with van der Waals surface area (Å²) in [7, 11) is 0. The van der Waals surface area contributed by atoms with Gasteiger partial charge in [0.15, 0.2) is 0 Å². The van der Waals surface area contributed by atoms with Crippen LogP contribution in [0, 0.1) is 17.8 Å². The number of hydrogen-bond donors (Lipinski definition) is 0. The SMILES string of the molecule is CCCCC(C)CCCC(C)C(C)C. The quantitative estimate of drug-likeness (QED) is 0.498. The molecule has 86 valence electrons. The van der Waals surface area contributed by atoms with Gasteiger partial charge in [0.25, 0.3) is 0 Å². The first kappa shape index (κ1) is 14.0. The molecule has 0 heterocycles. The van der Waals surface area contributed by atoms with Crippen molar-refractivity contribution in [1.82, 2.24) is 0 Å². The van der Waals surface area contributed by atoms with Crippen LogP contribution in [0.25, 0.3) is 0 Å². The van der Waals surface area contributed by atoms with E-state index in [0.29, 0.717) is 0 Å². The Balaban J connectivity index is 3.34. The third-order valence-corrected chi connectivity index (χ3v) is 3.54. The van der Waals surface area contributed by atoms with Gasteiger partial charge in [-0.15, -0.1) is 0 Å². The van der Waals surface area contributed by atoms with Crippen LogP contribution in [-0.2, 0) is 0 Å². The van der Waals surface area contributed by atoms with Crippen molar-refractivity contribution in [2.24, 2.45) is 17.8 Å². The fourth-order valence-corrected chi connectivity index (χ4v) is 1.82. The molecular weight excluding hydrogens is 168 g/mol. The lowest BCUT2D eigenvalue weighted by atomic mass is 9.90. The second-order valence-electron chi connectivity index (χ2n) is 5.40. The van der Waals surface area contributed by atoms with Crippen molar-refractivity contribution >= 4 is 0 Å². The smallest absolute Gasteiger partial charge is 0.0420 e. The van der Waals surface area contributed by atoms with E-state index in [1.807, 2.05) is 0 Å². The molecule has 0 heteroatoms. The monoisotopic (exact) mass is 198 g/mol. The van der Waals surface area contributed by atoms with Gasteiger partial charge in [-0.2, -0.15) is 0 Å². The van der Waals surface area contributed by atoms with Gasteiger partial charge in [-0.3, -0.25) is 0 Å². The molecule has 0 saturated heterocycles. The molecule has 0 aliphatic carbocycles. The molecule has 0 aliphatic heterocycles. The molecule has 0 N–H and O–H groups in total. The molecule has 0 bridgehead atoms. The lowest BCUT2D eigenvalue weighted by molar-refractivity contribution is 0.354. The van der Waals surface area contributed by atoms with Crippen LogP contribution in [0.1, 0.15) is 73.1 Å². The zero-order chi connectivity index (χ0) is 11.0. The van der Waals surface area contributed by atoms with E-state index in [1.165, 1.54) is 38.5 Å². The van der Waals surface area contributed by atoms with Gasteiger partial charge in [0.05, 0.1) is 0 Å². The van der Waals surface area contributed by atoms with Gasteiger partial charge in [-0.1, -0.05) is 73.1 Å². The third kappa shape index (κ3) is 7.41. The van der Waals surface area contributed by atoms with Crippen molar-refractivity contribution in [3.05, 3.63) is 0 Å². The molecule has 0 aromatic carbocycles. The summed E-state index contributed by atoms with van der Waals surface area (Å²) < 4.78 is 0. The van der Waals surface area contributed by atoms with Crippen LogP contribution in [0.2, 0.25) is 0 Å². The van der Waals surface area contributed by atoms with Gasteiger partial charge in [0, 0.05) is 0 Å². The van der Waals surface area contributed by atoms with E-state index in [0.717, 1.165) is 17.8 Å². The lowest BCUT2D eigenvalue weighted by Crippen LogP contribution is -2.04. The van der Waals surface area contributed by atoms with E-state index in [2.05, 4.69) is 34.6 Å². The second kappa shape index (κ2) is 8.32. The molecule has 0 saturated carbocycles. The van der Waals surface area contributed by atoms with Crippen molar-refractivity contribution in [3.63, 3.8) is 0 Å². The first-order valence-electron chi connectivity index (χ1n) is 6.57. The van der Waals surface area contributed by atoms with E-state index in [-0.39, 0.29) is 0 Å². The molecule has 0 aliphatic rings. The van der Waals surface area contributed by atoms with E-state index in [4.69, 9.17) is 0 Å². The minimum absolute atomic E-state index is 0.862. The minimum Gasteiger partial charge on any atom is -0.0654 e. The maximum Gasteiger partial charge on any atom is -0.0420 e. The van der Waals surface area contributed by atoms with Crippen LogP contribution < -0.4 is 0 Å². The zero-order valence-corrected chi connectivity index (χ0v) is 11.0. The molecular formula is C14H30. The van der Waals surface area contributed by atoms with Gasteiger partial charge in [0.2, 0.25) is 0 Å². The van der Waals surface area contributed by atoms with Crippen molar-refractivity contribution in [2.45, 2.75) is 73.1 Å². The van der Waals surface area contributed by atoms with Crippen LogP contribution in [-0.4, -0.2) is 0 Å². The highest BCUT2D eigenvalue weighted by Gasteiger charge is 2.07. The summed E-state index contributed by atoms with van der Waals surface area (Å²) in [4.78, 5) is 0. The van der Waals surface area contributed by atoms with Crippen LogP contribution in [0.4, 0.5) is 0 Å². The molecule has 0 rings (SSSR count). The Hall–Kier alpha value is 0. The minimum atomic E-state index is 0.862. The normalized spacial score (nSPS) is 15.9. The highest BCUT2D eigenvalue weighted by atomic mass is 14.1. The van der Waals surface area contributed by atoms with E-state index in [9.17, 15) is 0 Å². The topological polar surface area (TPSA) is 0 Å². The highest BCUT2D eigenvalue weighted by molar-refractivity contribution is 4.60. The third-order valence-electron chi connectivity index (χ3n) is 3.54. The summed E-state index contributed by atoms with van der Waals surface area (Å²) in [5.41, 5.74) is 0. The fourth-order valence-electron chi connectivity index (χ4n) is 1.82. The summed E-state index contributed by atoms with van der Waals surface area (Å²) in [6.45, 7) is 11.8. The van der Waals surface area contributed by atoms with Crippen LogP contribution in [0.5, 0.6) is 0 Å². The molecule has 2 unspecified atom stereocenters. The van der Waals surface area contributed by atoms with Crippen LogP contribution >= 0.6 is 0 Å². The molecule has 0 aromatic heterocycles. The van der Waals surface area contributed by atoms with E-state index < -0.39 is 0 Å². The standard InChI is InChI=1S/C14H30/c1-6-7-9-13(4)10-8-11-14(5)12(2)3/h12-14H,6-11H2,1-5H3. The van der Waals surface area contributed by atoms with Crippen molar-refractivity contribution in [3.8, 4) is 0 Å². The Kier molecular flexibility index (Phi) is 8.32. The Morgan fingerprint density at radius 3 is 1.86 bits per heavy atom. The average Bonchev–Trinajstić information content (AvgIpc) is 2.14. The van der Waals surface area contributed by atoms with Gasteiger partial charge < -0.3 is 0 Å². The Morgan fingerprint density at radius 1 is 0.786 bits per heavy atom. The average molecular weight is 198 g/mol. The molecule has 14 heavy (non-hydrogen) atoms. The summed E-state index contributed by atoms with van der Waals surface area (Å²) in [6, 6.07) is 0. The van der Waals surface area contributed by atoms with Crippen LogP contribution in [0.3, 0.4) is 0 Å². The van der Waals surface area contributed by atoms with Crippen molar-refractivity contribution < 1.29 is 0 Å². The van der Waals surface area contributed by atoms with Crippen molar-refractivity contribution in [1.29, 1.82) is 0 Å². The maximum absolute atomic E-state index is 2.41. The van der Waals surface area contributed by atoms with E-state index >= 15 is 0 Å². The van der Waals surface area contributed by atoms with Crippen LogP contribution in [0.15, 0.2) is 0 Å². The number of hydrogen-bond acceptors (Lipinski definition) is 0. The Labute approximate surface area is 91.5 Å². The van der Waals surface area contributed by atoms with Gasteiger partial charge in [-0.25, -0.2) is 0 Å². The molecule has 0 fully saturated rings. The number of unbranched alkanes of at least 4 members (excludes halogenated alkanes) is 1. The Bertz CT molecular complexity index is 115. The number of rotatable bonds is 8. The molecule has 0 radical (unpaired) electrons. The first-order chi connectivity index (χ1) is 6.57. The summed E-state index contributed by atoms with van der Waals surface area (Å²) in [5, 5.41) is 0. The zero-order valence-electron chi connectivity index (χ0n) is 11.0.